The molecule has 1 aromatic heterocycles. The van der Waals surface area contributed by atoms with Gasteiger partial charge in [-0.25, -0.2) is 9.78 Å². The maximum absolute atomic E-state index is 12.2. The molecule has 1 aromatic rings. The smallest absolute Gasteiger partial charge is 0.326 e. The SMILES string of the molecule is CCn1ccnc(N2CC(OC)CC2C(=O)O)c1=O. The second-order valence-electron chi connectivity index (χ2n) is 4.44. The first-order valence-electron chi connectivity index (χ1n) is 6.16. The Kier molecular flexibility index (Phi) is 3.84. The molecule has 1 fully saturated rings. The van der Waals surface area contributed by atoms with Gasteiger partial charge in [-0.05, 0) is 6.92 Å². The average molecular weight is 267 g/mol. The van der Waals surface area contributed by atoms with E-state index < -0.39 is 12.0 Å². The van der Waals surface area contributed by atoms with Gasteiger partial charge in [0, 0.05) is 39.0 Å². The van der Waals surface area contributed by atoms with Crippen LogP contribution in [0.1, 0.15) is 13.3 Å². The predicted octanol–water partition coefficient (Wildman–Crippen LogP) is -0.0585. The minimum absolute atomic E-state index is 0.177. The van der Waals surface area contributed by atoms with Gasteiger partial charge in [0.15, 0.2) is 5.82 Å². The number of hydrogen-bond donors (Lipinski definition) is 1. The highest BCUT2D eigenvalue weighted by molar-refractivity contribution is 5.78. The van der Waals surface area contributed by atoms with Gasteiger partial charge < -0.3 is 19.3 Å². The van der Waals surface area contributed by atoms with Crippen LogP contribution in [0.4, 0.5) is 5.82 Å². The zero-order valence-corrected chi connectivity index (χ0v) is 10.9. The van der Waals surface area contributed by atoms with Gasteiger partial charge in [0.05, 0.1) is 6.10 Å². The number of carboxylic acids is 1. The monoisotopic (exact) mass is 267 g/mol. The van der Waals surface area contributed by atoms with Crippen LogP contribution in [-0.4, -0.2) is 46.4 Å². The minimum atomic E-state index is -0.965. The fourth-order valence-corrected chi connectivity index (χ4v) is 2.32. The first kappa shape index (κ1) is 13.5. The van der Waals surface area contributed by atoms with Gasteiger partial charge in [-0.1, -0.05) is 0 Å². The van der Waals surface area contributed by atoms with Crippen LogP contribution in [0.5, 0.6) is 0 Å². The quantitative estimate of drug-likeness (QED) is 0.822. The maximum Gasteiger partial charge on any atom is 0.326 e. The van der Waals surface area contributed by atoms with Gasteiger partial charge in [-0.3, -0.25) is 4.79 Å². The standard InChI is InChI=1S/C12H17N3O4/c1-3-14-5-4-13-10(11(14)16)15-7-8(19-2)6-9(15)12(17)18/h4-5,8-9H,3,6-7H2,1-2H3,(H,17,18). The minimum Gasteiger partial charge on any atom is -0.480 e. The summed E-state index contributed by atoms with van der Waals surface area (Å²) >= 11 is 0. The maximum atomic E-state index is 12.2. The van der Waals surface area contributed by atoms with Crippen LogP contribution in [-0.2, 0) is 16.1 Å². The lowest BCUT2D eigenvalue weighted by molar-refractivity contribution is -0.138. The van der Waals surface area contributed by atoms with Gasteiger partial charge in [-0.15, -0.1) is 0 Å². The molecule has 7 heteroatoms. The largest absolute Gasteiger partial charge is 0.480 e. The fraction of sp³-hybridized carbons (Fsp3) is 0.583. The van der Waals surface area contributed by atoms with E-state index in [4.69, 9.17) is 4.74 Å². The zero-order valence-electron chi connectivity index (χ0n) is 10.9. The molecule has 2 atom stereocenters. The van der Waals surface area contributed by atoms with Crippen molar-refractivity contribution in [1.82, 2.24) is 9.55 Å². The van der Waals surface area contributed by atoms with E-state index in [9.17, 15) is 14.7 Å². The molecule has 0 amide bonds. The molecule has 0 spiro atoms. The third-order valence-corrected chi connectivity index (χ3v) is 3.39. The van der Waals surface area contributed by atoms with E-state index in [1.807, 2.05) is 6.92 Å². The molecule has 7 nitrogen and oxygen atoms in total. The highest BCUT2D eigenvalue weighted by Crippen LogP contribution is 2.23. The molecule has 0 radical (unpaired) electrons. The number of aliphatic carboxylic acids is 1. The Labute approximate surface area is 110 Å². The summed E-state index contributed by atoms with van der Waals surface area (Å²) in [6.07, 6.45) is 3.26. The molecule has 1 saturated heterocycles. The van der Waals surface area contributed by atoms with Gasteiger partial charge >= 0.3 is 5.97 Å². The van der Waals surface area contributed by atoms with Crippen molar-refractivity contribution < 1.29 is 14.6 Å². The number of hydrogen-bond acceptors (Lipinski definition) is 5. The fourth-order valence-electron chi connectivity index (χ4n) is 2.32. The molecule has 2 rings (SSSR count). The van der Waals surface area contributed by atoms with E-state index in [-0.39, 0.29) is 17.5 Å². The van der Waals surface area contributed by atoms with Crippen molar-refractivity contribution in [2.75, 3.05) is 18.6 Å². The second kappa shape index (κ2) is 5.40. The lowest BCUT2D eigenvalue weighted by Gasteiger charge is -2.21. The van der Waals surface area contributed by atoms with Crippen LogP contribution in [0.2, 0.25) is 0 Å². The third-order valence-electron chi connectivity index (χ3n) is 3.39. The molecule has 19 heavy (non-hydrogen) atoms. The van der Waals surface area contributed by atoms with Crippen LogP contribution >= 0.6 is 0 Å². The Morgan fingerprint density at radius 1 is 1.63 bits per heavy atom. The Hall–Kier alpha value is -1.89. The number of methoxy groups -OCH3 is 1. The number of carbonyl (C=O) groups is 1. The lowest BCUT2D eigenvalue weighted by atomic mass is 10.2. The molecule has 0 bridgehead atoms. The highest BCUT2D eigenvalue weighted by Gasteiger charge is 2.39. The average Bonchev–Trinajstić information content (AvgIpc) is 2.83. The van der Waals surface area contributed by atoms with Gasteiger partial charge in [-0.2, -0.15) is 0 Å². The summed E-state index contributed by atoms with van der Waals surface area (Å²) in [7, 11) is 1.54. The van der Waals surface area contributed by atoms with E-state index in [1.165, 1.54) is 22.8 Å². The van der Waals surface area contributed by atoms with Crippen LogP contribution in [0.15, 0.2) is 17.2 Å². The van der Waals surface area contributed by atoms with Gasteiger partial charge in [0.1, 0.15) is 6.04 Å². The van der Waals surface area contributed by atoms with Crippen LogP contribution in [0.25, 0.3) is 0 Å². The number of rotatable bonds is 4. The number of anilines is 1. The second-order valence-corrected chi connectivity index (χ2v) is 4.44. The van der Waals surface area contributed by atoms with Crippen LogP contribution < -0.4 is 10.5 Å². The summed E-state index contributed by atoms with van der Waals surface area (Å²) in [6, 6.07) is -0.766. The van der Waals surface area contributed by atoms with Crippen molar-refractivity contribution >= 4 is 11.8 Å². The first-order valence-corrected chi connectivity index (χ1v) is 6.16. The number of aryl methyl sites for hydroxylation is 1. The van der Waals surface area contributed by atoms with Gasteiger partial charge in [0.25, 0.3) is 5.56 Å². The number of nitrogens with zero attached hydrogens (tertiary/aromatic N) is 3. The van der Waals surface area contributed by atoms with Crippen molar-refractivity contribution in [2.45, 2.75) is 32.0 Å². The Morgan fingerprint density at radius 2 is 2.37 bits per heavy atom. The molecule has 0 aromatic carbocycles. The third kappa shape index (κ3) is 2.46. The summed E-state index contributed by atoms with van der Waals surface area (Å²) in [6.45, 7) is 2.73. The van der Waals surface area contributed by atoms with E-state index in [0.717, 1.165) is 0 Å². The molecule has 2 unspecified atom stereocenters. The van der Waals surface area contributed by atoms with Crippen molar-refractivity contribution in [2.24, 2.45) is 0 Å². The molecule has 104 valence electrons. The highest BCUT2D eigenvalue weighted by atomic mass is 16.5. The zero-order chi connectivity index (χ0) is 14.0. The lowest BCUT2D eigenvalue weighted by Crippen LogP contribution is -2.41. The molecular weight excluding hydrogens is 250 g/mol. The first-order chi connectivity index (χ1) is 9.08. The van der Waals surface area contributed by atoms with Crippen molar-refractivity contribution in [3.63, 3.8) is 0 Å². The molecule has 1 aliphatic rings. The molecule has 1 N–H and O–H groups in total. The van der Waals surface area contributed by atoms with E-state index in [1.54, 1.807) is 6.20 Å². The Bertz CT molecular complexity index is 528. The van der Waals surface area contributed by atoms with Crippen molar-refractivity contribution in [3.05, 3.63) is 22.7 Å². The van der Waals surface area contributed by atoms with E-state index in [0.29, 0.717) is 19.5 Å². The molecule has 0 saturated carbocycles. The van der Waals surface area contributed by atoms with E-state index >= 15 is 0 Å². The number of aromatic nitrogens is 2. The van der Waals surface area contributed by atoms with E-state index in [2.05, 4.69) is 4.98 Å². The summed E-state index contributed by atoms with van der Waals surface area (Å²) in [5.74, 6) is -0.788. The Morgan fingerprint density at radius 3 is 2.95 bits per heavy atom. The van der Waals surface area contributed by atoms with Crippen LogP contribution in [0, 0.1) is 0 Å². The summed E-state index contributed by atoms with van der Waals surface area (Å²) < 4.78 is 6.70. The molecule has 0 aliphatic carbocycles. The summed E-state index contributed by atoms with van der Waals surface area (Å²) in [5.41, 5.74) is -0.270. The number of ether oxygens (including phenoxy) is 1. The topological polar surface area (TPSA) is 84.7 Å². The van der Waals surface area contributed by atoms with Gasteiger partial charge in [0.2, 0.25) is 0 Å². The Balaban J connectivity index is 2.39. The van der Waals surface area contributed by atoms with Crippen LogP contribution in [0.3, 0.4) is 0 Å². The number of carboxylic acid groups (broad SMARTS) is 1. The van der Waals surface area contributed by atoms with Crippen molar-refractivity contribution in [1.29, 1.82) is 0 Å². The molecular formula is C12H17N3O4. The molecule has 2 heterocycles. The summed E-state index contributed by atoms with van der Waals surface area (Å²) in [5, 5.41) is 9.24. The predicted molar refractivity (Wildman–Crippen MR) is 68.4 cm³/mol. The normalized spacial score (nSPS) is 22.7. The summed E-state index contributed by atoms with van der Waals surface area (Å²) in [4.78, 5) is 29.0. The van der Waals surface area contributed by atoms with Crippen molar-refractivity contribution in [3.8, 4) is 0 Å². The molecule has 1 aliphatic heterocycles.